The van der Waals surface area contributed by atoms with Gasteiger partial charge in [0.25, 0.3) is 0 Å². The van der Waals surface area contributed by atoms with Crippen molar-refractivity contribution >= 4 is 15.6 Å². The Morgan fingerprint density at radius 1 is 0.857 bits per heavy atom. The number of phosphoric ester groups is 2. The molecule has 0 heterocycles. The maximum atomic E-state index is 10.1. The predicted octanol–water partition coefficient (Wildman–Crippen LogP) is -0.239. The second kappa shape index (κ2) is 5.75. The number of hydrogen-bond acceptors (Lipinski definition) is 4. The van der Waals surface area contributed by atoms with Gasteiger partial charge in [0.2, 0.25) is 0 Å². The minimum Gasteiger partial charge on any atom is -0.303 e. The Hall–Kier alpha value is -0.0400. The van der Waals surface area contributed by atoms with Crippen molar-refractivity contribution in [3.63, 3.8) is 0 Å². The van der Waals surface area contributed by atoms with Gasteiger partial charge in [-0.15, -0.1) is 0 Å². The van der Waals surface area contributed by atoms with Crippen LogP contribution in [0.15, 0.2) is 12.2 Å². The summed E-state index contributed by atoms with van der Waals surface area (Å²) in [6.07, 6.45) is 2.32. The summed E-state index contributed by atoms with van der Waals surface area (Å²) >= 11 is 0. The number of phosphoric acid groups is 2. The third kappa shape index (κ3) is 12.0. The van der Waals surface area contributed by atoms with Crippen LogP contribution in [0.4, 0.5) is 0 Å². The highest BCUT2D eigenvalue weighted by Gasteiger charge is 2.12. The standard InChI is InChI=1S/C4H10O8P2/c5-13(6,7)11-3-1-2-4-12-14(8,9)10/h1-2H,3-4H2,(H2,5,6,7)(H2,8,9,10)/b2-1+. The van der Waals surface area contributed by atoms with Gasteiger partial charge in [-0.1, -0.05) is 12.2 Å². The third-order valence-electron chi connectivity index (χ3n) is 0.845. The summed E-state index contributed by atoms with van der Waals surface area (Å²) in [6, 6.07) is 0. The van der Waals surface area contributed by atoms with Gasteiger partial charge in [-0.2, -0.15) is 0 Å². The fourth-order valence-corrected chi connectivity index (χ4v) is 0.977. The van der Waals surface area contributed by atoms with E-state index in [1.165, 1.54) is 0 Å². The van der Waals surface area contributed by atoms with Crippen LogP contribution in [0.25, 0.3) is 0 Å². The molecule has 0 saturated carbocycles. The van der Waals surface area contributed by atoms with Crippen LogP contribution in [0, 0.1) is 0 Å². The first-order chi connectivity index (χ1) is 6.21. The maximum Gasteiger partial charge on any atom is 0.469 e. The van der Waals surface area contributed by atoms with E-state index in [2.05, 4.69) is 9.05 Å². The molecule has 10 heteroatoms. The molecular formula is C4H10O8P2. The average Bonchev–Trinajstić information content (AvgIpc) is 1.92. The van der Waals surface area contributed by atoms with Crippen molar-refractivity contribution in [1.82, 2.24) is 0 Å². The number of hydrogen-bond donors (Lipinski definition) is 4. The zero-order valence-electron chi connectivity index (χ0n) is 6.89. The van der Waals surface area contributed by atoms with E-state index in [-0.39, 0.29) is 13.2 Å². The average molecular weight is 248 g/mol. The van der Waals surface area contributed by atoms with Crippen molar-refractivity contribution < 1.29 is 37.8 Å². The molecule has 0 aliphatic carbocycles. The predicted molar refractivity (Wildman–Crippen MR) is 45.1 cm³/mol. The highest BCUT2D eigenvalue weighted by atomic mass is 31.2. The fourth-order valence-electron chi connectivity index (χ4n) is 0.416. The van der Waals surface area contributed by atoms with Crippen LogP contribution in [0.2, 0.25) is 0 Å². The van der Waals surface area contributed by atoms with Gasteiger partial charge in [0.05, 0.1) is 13.2 Å². The van der Waals surface area contributed by atoms with E-state index < -0.39 is 15.6 Å². The highest BCUT2D eigenvalue weighted by molar-refractivity contribution is 7.46. The summed E-state index contributed by atoms with van der Waals surface area (Å²) < 4.78 is 28.2. The smallest absolute Gasteiger partial charge is 0.303 e. The van der Waals surface area contributed by atoms with E-state index in [0.717, 1.165) is 12.2 Å². The lowest BCUT2D eigenvalue weighted by molar-refractivity contribution is 0.209. The van der Waals surface area contributed by atoms with E-state index in [4.69, 9.17) is 19.6 Å². The molecule has 0 fully saturated rings. The van der Waals surface area contributed by atoms with E-state index in [0.29, 0.717) is 0 Å². The van der Waals surface area contributed by atoms with E-state index in [1.807, 2.05) is 0 Å². The molecule has 0 aliphatic heterocycles. The lowest BCUT2D eigenvalue weighted by Gasteiger charge is -2.02. The first-order valence-corrected chi connectivity index (χ1v) is 6.32. The van der Waals surface area contributed by atoms with Gasteiger partial charge in [-0.05, 0) is 0 Å². The van der Waals surface area contributed by atoms with Crippen molar-refractivity contribution in [2.45, 2.75) is 0 Å². The minimum absolute atomic E-state index is 0.366. The van der Waals surface area contributed by atoms with Crippen molar-refractivity contribution in [1.29, 1.82) is 0 Å². The Balaban J connectivity index is 3.57. The molecule has 0 saturated heterocycles. The van der Waals surface area contributed by atoms with E-state index >= 15 is 0 Å². The zero-order valence-corrected chi connectivity index (χ0v) is 8.67. The third-order valence-corrected chi connectivity index (χ3v) is 1.82. The first-order valence-electron chi connectivity index (χ1n) is 3.26. The molecule has 0 bridgehead atoms. The molecule has 0 rings (SSSR count). The van der Waals surface area contributed by atoms with Crippen molar-refractivity contribution in [2.24, 2.45) is 0 Å². The molecule has 0 aromatic heterocycles. The summed E-state index contributed by atoms with van der Waals surface area (Å²) in [5, 5.41) is 0. The minimum atomic E-state index is -4.49. The topological polar surface area (TPSA) is 134 Å². The monoisotopic (exact) mass is 248 g/mol. The zero-order chi connectivity index (χ0) is 11.2. The Morgan fingerprint density at radius 3 is 1.36 bits per heavy atom. The molecule has 0 aromatic rings. The van der Waals surface area contributed by atoms with Gasteiger partial charge in [-0.3, -0.25) is 9.05 Å². The molecule has 0 amide bonds. The Bertz CT molecular complexity index is 245. The Labute approximate surface area is 79.6 Å². The second-order valence-corrected chi connectivity index (χ2v) is 4.52. The van der Waals surface area contributed by atoms with E-state index in [9.17, 15) is 9.13 Å². The highest BCUT2D eigenvalue weighted by Crippen LogP contribution is 2.36. The molecular weight excluding hydrogens is 238 g/mol. The van der Waals surface area contributed by atoms with Crippen molar-refractivity contribution in [3.05, 3.63) is 12.2 Å². The van der Waals surface area contributed by atoms with Crippen LogP contribution in [0.1, 0.15) is 0 Å². The van der Waals surface area contributed by atoms with Crippen molar-refractivity contribution in [2.75, 3.05) is 13.2 Å². The Kier molecular flexibility index (Phi) is 5.73. The van der Waals surface area contributed by atoms with Crippen LogP contribution in [0.5, 0.6) is 0 Å². The molecule has 0 unspecified atom stereocenters. The first kappa shape index (κ1) is 14.0. The van der Waals surface area contributed by atoms with E-state index in [1.54, 1.807) is 0 Å². The quantitative estimate of drug-likeness (QED) is 0.373. The Morgan fingerprint density at radius 2 is 1.14 bits per heavy atom. The summed E-state index contributed by atoms with van der Waals surface area (Å²) in [6.45, 7) is -0.733. The lowest BCUT2D eigenvalue weighted by Crippen LogP contribution is -1.90. The molecule has 84 valence electrons. The molecule has 0 radical (unpaired) electrons. The van der Waals surface area contributed by atoms with Crippen LogP contribution in [-0.2, 0) is 18.2 Å². The van der Waals surface area contributed by atoms with Gasteiger partial charge in [0, 0.05) is 0 Å². The summed E-state index contributed by atoms with van der Waals surface area (Å²) in [5.41, 5.74) is 0. The van der Waals surface area contributed by atoms with Gasteiger partial charge >= 0.3 is 15.6 Å². The molecule has 4 N–H and O–H groups in total. The van der Waals surface area contributed by atoms with Crippen LogP contribution >= 0.6 is 15.6 Å². The normalized spacial score (nSPS) is 13.7. The van der Waals surface area contributed by atoms with Crippen LogP contribution < -0.4 is 0 Å². The molecule has 14 heavy (non-hydrogen) atoms. The summed E-state index contributed by atoms with van der Waals surface area (Å²) in [4.78, 5) is 32.8. The summed E-state index contributed by atoms with van der Waals surface area (Å²) in [7, 11) is -8.98. The van der Waals surface area contributed by atoms with Crippen molar-refractivity contribution in [3.8, 4) is 0 Å². The largest absolute Gasteiger partial charge is 0.469 e. The molecule has 0 atom stereocenters. The van der Waals surface area contributed by atoms with Crippen LogP contribution in [0.3, 0.4) is 0 Å². The number of rotatable bonds is 6. The van der Waals surface area contributed by atoms with Crippen LogP contribution in [-0.4, -0.2) is 32.8 Å². The fraction of sp³-hybridized carbons (Fsp3) is 0.500. The summed E-state index contributed by atoms with van der Waals surface area (Å²) in [5.74, 6) is 0. The van der Waals surface area contributed by atoms with Gasteiger partial charge in [0.1, 0.15) is 0 Å². The SMILES string of the molecule is O=P(O)(O)OC/C=C/COP(=O)(O)O. The molecule has 0 aromatic carbocycles. The molecule has 0 spiro atoms. The van der Waals surface area contributed by atoms with Gasteiger partial charge in [0.15, 0.2) is 0 Å². The molecule has 8 nitrogen and oxygen atoms in total. The van der Waals surface area contributed by atoms with Gasteiger partial charge < -0.3 is 19.6 Å². The maximum absolute atomic E-state index is 10.1. The second-order valence-electron chi connectivity index (χ2n) is 2.04. The van der Waals surface area contributed by atoms with Gasteiger partial charge in [-0.25, -0.2) is 9.13 Å². The lowest BCUT2D eigenvalue weighted by atomic mass is 10.5. The molecule has 0 aliphatic rings.